The van der Waals surface area contributed by atoms with E-state index in [2.05, 4.69) is 20.7 Å². The highest BCUT2D eigenvalue weighted by atomic mass is 15.5. The van der Waals surface area contributed by atoms with Gasteiger partial charge in [-0.1, -0.05) is 12.1 Å². The van der Waals surface area contributed by atoms with Crippen molar-refractivity contribution in [2.24, 2.45) is 5.10 Å². The fourth-order valence-electron chi connectivity index (χ4n) is 1.35. The molecule has 1 aromatic heterocycles. The van der Waals surface area contributed by atoms with Crippen molar-refractivity contribution < 1.29 is 0 Å². The zero-order valence-corrected chi connectivity index (χ0v) is 10.3. The molecular formula is C11H15N7. The second kappa shape index (κ2) is 5.17. The minimum absolute atomic E-state index is 0.385. The number of benzene rings is 1. The molecule has 0 aliphatic rings. The molecule has 2 aromatic rings. The second-order valence-electron chi connectivity index (χ2n) is 3.92. The summed E-state index contributed by atoms with van der Waals surface area (Å²) in [5.74, 6) is 5.91. The predicted molar refractivity (Wildman–Crippen MR) is 72.2 cm³/mol. The van der Waals surface area contributed by atoms with Crippen LogP contribution in [0.3, 0.4) is 0 Å². The van der Waals surface area contributed by atoms with Gasteiger partial charge in [0.15, 0.2) is 0 Å². The molecule has 0 saturated heterocycles. The average molecular weight is 245 g/mol. The Morgan fingerprint density at radius 1 is 1.33 bits per heavy atom. The third kappa shape index (κ3) is 2.76. The fourth-order valence-corrected chi connectivity index (χ4v) is 1.35. The van der Waals surface area contributed by atoms with Crippen molar-refractivity contribution in [3.8, 4) is 0 Å². The van der Waals surface area contributed by atoms with E-state index >= 15 is 0 Å². The summed E-state index contributed by atoms with van der Waals surface area (Å²) in [4.78, 5) is 2.04. The standard InChI is InChI=1S/C11H15N7/c1-17(2)10-5-3-9(4-6-10)7-13-15-11-16-14-8-18(11)12/h3-8H,12H2,1-2H3,(H,15,16)/b13-7-. The number of nitrogens with one attached hydrogen (secondary N) is 1. The van der Waals surface area contributed by atoms with Crippen molar-refractivity contribution in [1.29, 1.82) is 0 Å². The molecule has 18 heavy (non-hydrogen) atoms. The predicted octanol–water partition coefficient (Wildman–Crippen LogP) is 0.504. The quantitative estimate of drug-likeness (QED) is 0.465. The van der Waals surface area contributed by atoms with Gasteiger partial charge in [0.2, 0.25) is 0 Å². The first kappa shape index (κ1) is 11.9. The number of nitrogen functional groups attached to an aromatic ring is 1. The maximum absolute atomic E-state index is 5.52. The smallest absolute Gasteiger partial charge is 0.263 e. The van der Waals surface area contributed by atoms with Crippen LogP contribution in [0.5, 0.6) is 0 Å². The van der Waals surface area contributed by atoms with Gasteiger partial charge in [-0.25, -0.2) is 10.1 Å². The average Bonchev–Trinajstić information content (AvgIpc) is 2.76. The van der Waals surface area contributed by atoms with Gasteiger partial charge < -0.3 is 10.7 Å². The van der Waals surface area contributed by atoms with Crippen LogP contribution in [-0.2, 0) is 0 Å². The number of aromatic nitrogens is 3. The molecule has 0 radical (unpaired) electrons. The van der Waals surface area contributed by atoms with Crippen LogP contribution in [0.4, 0.5) is 11.6 Å². The summed E-state index contributed by atoms with van der Waals surface area (Å²) in [7, 11) is 4.00. The number of anilines is 2. The minimum Gasteiger partial charge on any atom is -0.378 e. The maximum atomic E-state index is 5.52. The van der Waals surface area contributed by atoms with Crippen LogP contribution in [0.1, 0.15) is 5.56 Å². The van der Waals surface area contributed by atoms with Crippen LogP contribution in [0, 0.1) is 0 Å². The highest BCUT2D eigenvalue weighted by molar-refractivity contribution is 5.80. The second-order valence-corrected chi connectivity index (χ2v) is 3.92. The zero-order valence-electron chi connectivity index (χ0n) is 10.3. The Labute approximate surface area is 105 Å². The molecule has 2 rings (SSSR count). The monoisotopic (exact) mass is 245 g/mol. The highest BCUT2D eigenvalue weighted by Crippen LogP contribution is 2.10. The molecular weight excluding hydrogens is 230 g/mol. The van der Waals surface area contributed by atoms with Crippen molar-refractivity contribution in [3.05, 3.63) is 36.2 Å². The Hall–Kier alpha value is -2.57. The number of nitrogens with two attached hydrogens (primary N) is 1. The van der Waals surface area contributed by atoms with Gasteiger partial charge in [0.25, 0.3) is 5.95 Å². The number of hydrazone groups is 1. The number of nitrogens with zero attached hydrogens (tertiary/aromatic N) is 5. The lowest BCUT2D eigenvalue weighted by Crippen LogP contribution is -2.10. The van der Waals surface area contributed by atoms with Gasteiger partial charge >= 0.3 is 0 Å². The maximum Gasteiger partial charge on any atom is 0.263 e. The van der Waals surface area contributed by atoms with E-state index in [1.165, 1.54) is 11.0 Å². The molecule has 7 nitrogen and oxygen atoms in total. The van der Waals surface area contributed by atoms with Gasteiger partial charge in [-0.3, -0.25) is 0 Å². The summed E-state index contributed by atoms with van der Waals surface area (Å²) in [5, 5.41) is 11.4. The number of rotatable bonds is 4. The van der Waals surface area contributed by atoms with E-state index in [4.69, 9.17) is 5.84 Å². The Morgan fingerprint density at radius 3 is 2.61 bits per heavy atom. The Kier molecular flexibility index (Phi) is 3.42. The van der Waals surface area contributed by atoms with Gasteiger partial charge in [-0.05, 0) is 17.7 Å². The van der Waals surface area contributed by atoms with Crippen molar-refractivity contribution in [3.63, 3.8) is 0 Å². The number of hydrogen-bond donors (Lipinski definition) is 2. The SMILES string of the molecule is CN(C)c1ccc(/C=N\Nc2nncn2N)cc1. The van der Waals surface area contributed by atoms with E-state index < -0.39 is 0 Å². The first-order valence-electron chi connectivity index (χ1n) is 5.38. The first-order valence-corrected chi connectivity index (χ1v) is 5.38. The topological polar surface area (TPSA) is 84.4 Å². The summed E-state index contributed by atoms with van der Waals surface area (Å²) in [5.41, 5.74) is 4.83. The molecule has 0 amide bonds. The van der Waals surface area contributed by atoms with E-state index in [0.29, 0.717) is 5.95 Å². The summed E-state index contributed by atoms with van der Waals surface area (Å²) in [6.45, 7) is 0. The molecule has 1 heterocycles. The van der Waals surface area contributed by atoms with Gasteiger partial charge in [-0.15, -0.1) is 10.2 Å². The van der Waals surface area contributed by atoms with Crippen LogP contribution < -0.4 is 16.2 Å². The molecule has 0 aliphatic heterocycles. The van der Waals surface area contributed by atoms with Crippen LogP contribution in [0.15, 0.2) is 35.7 Å². The van der Waals surface area contributed by atoms with E-state index in [9.17, 15) is 0 Å². The lowest BCUT2D eigenvalue weighted by atomic mass is 10.2. The molecule has 0 saturated carbocycles. The van der Waals surface area contributed by atoms with Gasteiger partial charge in [-0.2, -0.15) is 5.10 Å². The van der Waals surface area contributed by atoms with Crippen LogP contribution in [0.25, 0.3) is 0 Å². The van der Waals surface area contributed by atoms with Crippen LogP contribution >= 0.6 is 0 Å². The Morgan fingerprint density at radius 2 is 2.06 bits per heavy atom. The molecule has 0 bridgehead atoms. The molecule has 1 aromatic carbocycles. The van der Waals surface area contributed by atoms with Crippen molar-refractivity contribution in [2.75, 3.05) is 30.3 Å². The van der Waals surface area contributed by atoms with Crippen LogP contribution in [0.2, 0.25) is 0 Å². The molecule has 94 valence electrons. The largest absolute Gasteiger partial charge is 0.378 e. The molecule has 7 heteroatoms. The fraction of sp³-hybridized carbons (Fsp3) is 0.182. The van der Waals surface area contributed by atoms with Gasteiger partial charge in [0.1, 0.15) is 6.33 Å². The van der Waals surface area contributed by atoms with Crippen molar-refractivity contribution in [2.45, 2.75) is 0 Å². The molecule has 0 spiro atoms. The zero-order chi connectivity index (χ0) is 13.0. The van der Waals surface area contributed by atoms with E-state index in [-0.39, 0.29) is 0 Å². The third-order valence-electron chi connectivity index (χ3n) is 2.36. The molecule has 0 aliphatic carbocycles. The summed E-state index contributed by atoms with van der Waals surface area (Å²) >= 11 is 0. The highest BCUT2D eigenvalue weighted by Gasteiger charge is 1.97. The normalized spacial score (nSPS) is 10.8. The first-order chi connectivity index (χ1) is 8.66. The molecule has 0 atom stereocenters. The van der Waals surface area contributed by atoms with Crippen LogP contribution in [-0.4, -0.2) is 35.2 Å². The summed E-state index contributed by atoms with van der Waals surface area (Å²) < 4.78 is 1.26. The van der Waals surface area contributed by atoms with Crippen molar-refractivity contribution in [1.82, 2.24) is 14.9 Å². The summed E-state index contributed by atoms with van der Waals surface area (Å²) in [6.07, 6.45) is 3.08. The van der Waals surface area contributed by atoms with Gasteiger partial charge in [0.05, 0.1) is 6.21 Å². The van der Waals surface area contributed by atoms with Crippen molar-refractivity contribution >= 4 is 17.9 Å². The van der Waals surface area contributed by atoms with Gasteiger partial charge in [0, 0.05) is 19.8 Å². The molecule has 3 N–H and O–H groups in total. The molecule has 0 unspecified atom stereocenters. The van der Waals surface area contributed by atoms with E-state index in [0.717, 1.165) is 11.3 Å². The van der Waals surface area contributed by atoms with E-state index in [1.54, 1.807) is 6.21 Å². The third-order valence-corrected chi connectivity index (χ3v) is 2.36. The lowest BCUT2D eigenvalue weighted by Gasteiger charge is -2.11. The Balaban J connectivity index is 1.99. The Bertz CT molecular complexity index is 527. The number of hydrogen-bond acceptors (Lipinski definition) is 6. The molecule has 0 fully saturated rings. The lowest BCUT2D eigenvalue weighted by molar-refractivity contribution is 0.988. The van der Waals surface area contributed by atoms with E-state index in [1.807, 2.05) is 43.3 Å². The minimum atomic E-state index is 0.385. The summed E-state index contributed by atoms with van der Waals surface area (Å²) in [6, 6.07) is 8.00.